The normalized spacial score (nSPS) is 11.2. The average molecular weight is 487 g/mol. The predicted octanol–water partition coefficient (Wildman–Crippen LogP) is 3.16. The molecular weight excluding hydrogens is 457 g/mol. The van der Waals surface area contributed by atoms with Crippen LogP contribution in [0, 0.1) is 0 Å². The van der Waals surface area contributed by atoms with E-state index in [1.54, 1.807) is 7.11 Å². The molecule has 8 heteroatoms. The highest BCUT2D eigenvalue weighted by Crippen LogP contribution is 2.11. The van der Waals surface area contributed by atoms with Crippen molar-refractivity contribution in [1.82, 2.24) is 20.8 Å². The first kappa shape index (κ1) is 23.2. The molecule has 27 heavy (non-hydrogen) atoms. The molecule has 0 aliphatic heterocycles. The monoisotopic (exact) mass is 487 g/mol. The second kappa shape index (κ2) is 12.5. The molecule has 0 fully saturated rings. The number of rotatable bonds is 9. The fraction of sp³-hybridized carbons (Fsp3) is 0.526. The van der Waals surface area contributed by atoms with Crippen molar-refractivity contribution in [2.24, 2.45) is 4.99 Å². The van der Waals surface area contributed by atoms with Crippen molar-refractivity contribution >= 4 is 29.9 Å². The summed E-state index contributed by atoms with van der Waals surface area (Å²) in [6.45, 7) is 8.35. The highest BCUT2D eigenvalue weighted by Gasteiger charge is 2.09. The summed E-state index contributed by atoms with van der Waals surface area (Å²) in [6, 6.07) is 8.10. The molecule has 0 bridgehead atoms. The van der Waals surface area contributed by atoms with Gasteiger partial charge in [-0.05, 0) is 31.0 Å². The number of halogens is 1. The zero-order valence-electron chi connectivity index (χ0n) is 16.5. The van der Waals surface area contributed by atoms with Gasteiger partial charge < -0.3 is 19.9 Å². The van der Waals surface area contributed by atoms with E-state index in [1.165, 1.54) is 5.56 Å². The lowest BCUT2D eigenvalue weighted by molar-refractivity contribution is 0.372. The summed E-state index contributed by atoms with van der Waals surface area (Å²) in [5.74, 6) is 3.32. The second-order valence-corrected chi connectivity index (χ2v) is 6.24. The predicted molar refractivity (Wildman–Crippen MR) is 118 cm³/mol. The average Bonchev–Trinajstić information content (AvgIpc) is 3.11. The fourth-order valence-electron chi connectivity index (χ4n) is 2.33. The Labute approximate surface area is 178 Å². The van der Waals surface area contributed by atoms with E-state index < -0.39 is 0 Å². The van der Waals surface area contributed by atoms with Crippen molar-refractivity contribution in [2.75, 3.05) is 26.7 Å². The Kier molecular flexibility index (Phi) is 10.8. The first-order valence-electron chi connectivity index (χ1n) is 9.10. The molecule has 150 valence electrons. The van der Waals surface area contributed by atoms with Crippen molar-refractivity contribution in [2.45, 2.75) is 39.5 Å². The highest BCUT2D eigenvalue weighted by atomic mass is 127. The molecular formula is C19H30IN5O2. The Morgan fingerprint density at radius 3 is 2.52 bits per heavy atom. The number of hydrogen-bond acceptors (Lipinski definition) is 5. The van der Waals surface area contributed by atoms with Crippen molar-refractivity contribution in [1.29, 1.82) is 0 Å². The molecule has 7 nitrogen and oxygen atoms in total. The van der Waals surface area contributed by atoms with Crippen LogP contribution in [0.2, 0.25) is 0 Å². The largest absolute Gasteiger partial charge is 0.497 e. The number of benzene rings is 1. The van der Waals surface area contributed by atoms with E-state index in [2.05, 4.69) is 37.9 Å². The number of hydrogen-bond donors (Lipinski definition) is 2. The molecule has 0 spiro atoms. The maximum atomic E-state index is 5.24. The van der Waals surface area contributed by atoms with E-state index in [1.807, 2.05) is 32.9 Å². The third-order valence-electron chi connectivity index (χ3n) is 3.81. The molecule has 2 rings (SSSR count). The lowest BCUT2D eigenvalue weighted by Crippen LogP contribution is -2.38. The van der Waals surface area contributed by atoms with Gasteiger partial charge in [-0.2, -0.15) is 4.98 Å². The van der Waals surface area contributed by atoms with Crippen LogP contribution in [0.3, 0.4) is 0 Å². The van der Waals surface area contributed by atoms with E-state index >= 15 is 0 Å². The zero-order chi connectivity index (χ0) is 18.8. The van der Waals surface area contributed by atoms with Crippen LogP contribution in [0.15, 0.2) is 33.8 Å². The topological polar surface area (TPSA) is 84.6 Å². The number of ether oxygens (including phenoxy) is 1. The van der Waals surface area contributed by atoms with Gasteiger partial charge in [0.05, 0.1) is 13.7 Å². The number of aliphatic imine (C=N–C) groups is 1. The van der Waals surface area contributed by atoms with Crippen LogP contribution in [-0.2, 0) is 12.8 Å². The third kappa shape index (κ3) is 8.15. The molecule has 0 radical (unpaired) electrons. The molecule has 2 N–H and O–H groups in total. The van der Waals surface area contributed by atoms with Crippen LogP contribution in [0.5, 0.6) is 5.75 Å². The van der Waals surface area contributed by atoms with Gasteiger partial charge in [-0.3, -0.25) is 4.99 Å². The van der Waals surface area contributed by atoms with Crippen molar-refractivity contribution < 1.29 is 9.26 Å². The molecule has 0 unspecified atom stereocenters. The molecule has 0 saturated heterocycles. The van der Waals surface area contributed by atoms with Crippen LogP contribution >= 0.6 is 24.0 Å². The van der Waals surface area contributed by atoms with E-state index in [4.69, 9.17) is 9.26 Å². The molecule has 2 aromatic rings. The first-order chi connectivity index (χ1) is 12.6. The molecule has 1 aromatic carbocycles. The maximum Gasteiger partial charge on any atom is 0.228 e. The first-order valence-corrected chi connectivity index (χ1v) is 9.10. The minimum atomic E-state index is 0. The Morgan fingerprint density at radius 2 is 1.93 bits per heavy atom. The van der Waals surface area contributed by atoms with E-state index in [0.29, 0.717) is 18.9 Å². The van der Waals surface area contributed by atoms with Gasteiger partial charge in [0.25, 0.3) is 0 Å². The number of nitrogens with one attached hydrogen (secondary N) is 2. The minimum Gasteiger partial charge on any atom is -0.497 e. The third-order valence-corrected chi connectivity index (χ3v) is 3.81. The lowest BCUT2D eigenvalue weighted by Gasteiger charge is -2.11. The highest BCUT2D eigenvalue weighted by molar-refractivity contribution is 14.0. The smallest absolute Gasteiger partial charge is 0.228 e. The molecule has 1 aromatic heterocycles. The Morgan fingerprint density at radius 1 is 1.19 bits per heavy atom. The number of guanidine groups is 1. The molecule has 0 amide bonds. The summed E-state index contributed by atoms with van der Waals surface area (Å²) in [6.07, 6.45) is 1.55. The van der Waals surface area contributed by atoms with Crippen molar-refractivity contribution in [3.8, 4) is 5.75 Å². The number of aromatic nitrogens is 2. The molecule has 0 saturated carbocycles. The summed E-state index contributed by atoms with van der Waals surface area (Å²) in [5, 5.41) is 10.6. The summed E-state index contributed by atoms with van der Waals surface area (Å²) in [5.41, 5.74) is 1.25. The Balaban J connectivity index is 0.00000364. The molecule has 0 aliphatic rings. The SMILES string of the molecule is CCNC(=NCCc1nc(C(C)C)no1)NCCc1ccc(OC)cc1.I. The molecule has 0 atom stereocenters. The van der Waals surface area contributed by atoms with Gasteiger partial charge in [0, 0.05) is 25.4 Å². The Bertz CT molecular complexity index is 686. The standard InChI is InChI=1S/C19H29N5O2.HI/c1-5-20-19(21-12-10-15-6-8-16(25-4)9-7-15)22-13-11-17-23-18(14(2)3)24-26-17;/h6-9,14H,5,10-13H2,1-4H3,(H2,20,21,22);1H. The quantitative estimate of drug-likeness (QED) is 0.321. The van der Waals surface area contributed by atoms with Crippen LogP contribution in [-0.4, -0.2) is 42.8 Å². The van der Waals surface area contributed by atoms with E-state index in [0.717, 1.165) is 37.0 Å². The summed E-state index contributed by atoms with van der Waals surface area (Å²) >= 11 is 0. The van der Waals surface area contributed by atoms with Crippen LogP contribution in [0.25, 0.3) is 0 Å². The van der Waals surface area contributed by atoms with Gasteiger partial charge in [0.1, 0.15) is 5.75 Å². The van der Waals surface area contributed by atoms with E-state index in [9.17, 15) is 0 Å². The maximum absolute atomic E-state index is 5.24. The number of methoxy groups -OCH3 is 1. The van der Waals surface area contributed by atoms with Gasteiger partial charge >= 0.3 is 0 Å². The van der Waals surface area contributed by atoms with Crippen molar-refractivity contribution in [3.63, 3.8) is 0 Å². The van der Waals surface area contributed by atoms with E-state index in [-0.39, 0.29) is 29.9 Å². The van der Waals surface area contributed by atoms with Gasteiger partial charge in [0.15, 0.2) is 11.8 Å². The molecule has 0 aliphatic carbocycles. The van der Waals surface area contributed by atoms with Gasteiger partial charge in [0.2, 0.25) is 5.89 Å². The Hall–Kier alpha value is -1.84. The van der Waals surface area contributed by atoms with Crippen LogP contribution in [0.4, 0.5) is 0 Å². The molecule has 1 heterocycles. The van der Waals surface area contributed by atoms with Crippen LogP contribution < -0.4 is 15.4 Å². The summed E-state index contributed by atoms with van der Waals surface area (Å²) in [7, 11) is 1.67. The minimum absolute atomic E-state index is 0. The van der Waals surface area contributed by atoms with Gasteiger partial charge in [-0.15, -0.1) is 24.0 Å². The van der Waals surface area contributed by atoms with Gasteiger partial charge in [-0.1, -0.05) is 31.1 Å². The zero-order valence-corrected chi connectivity index (χ0v) is 18.8. The fourth-order valence-corrected chi connectivity index (χ4v) is 2.33. The summed E-state index contributed by atoms with van der Waals surface area (Å²) < 4.78 is 10.4. The van der Waals surface area contributed by atoms with Crippen molar-refractivity contribution in [3.05, 3.63) is 41.5 Å². The lowest BCUT2D eigenvalue weighted by atomic mass is 10.1. The number of nitrogens with zero attached hydrogens (tertiary/aromatic N) is 3. The van der Waals surface area contributed by atoms with Crippen LogP contribution in [0.1, 0.15) is 44.0 Å². The second-order valence-electron chi connectivity index (χ2n) is 6.24. The summed E-state index contributed by atoms with van der Waals surface area (Å²) in [4.78, 5) is 8.94. The van der Waals surface area contributed by atoms with Gasteiger partial charge in [-0.25, -0.2) is 0 Å².